The fourth-order valence-corrected chi connectivity index (χ4v) is 1.95. The van der Waals surface area contributed by atoms with Gasteiger partial charge < -0.3 is 9.30 Å². The van der Waals surface area contributed by atoms with Crippen LogP contribution >= 0.6 is 0 Å². The molecule has 0 spiro atoms. The normalized spacial score (nSPS) is 10.4. The molecule has 0 unspecified atom stereocenters. The summed E-state index contributed by atoms with van der Waals surface area (Å²) in [6.45, 7) is 4.45. The van der Waals surface area contributed by atoms with Crippen molar-refractivity contribution in [3.63, 3.8) is 0 Å². The molecule has 0 atom stereocenters. The van der Waals surface area contributed by atoms with E-state index < -0.39 is 0 Å². The molecule has 110 valence electrons. The van der Waals surface area contributed by atoms with Gasteiger partial charge in [-0.1, -0.05) is 36.8 Å². The Hall–Kier alpha value is -2.36. The van der Waals surface area contributed by atoms with Crippen molar-refractivity contribution in [1.82, 2.24) is 4.57 Å². The Bertz CT molecular complexity index is 671. The van der Waals surface area contributed by atoms with E-state index in [9.17, 15) is 9.59 Å². The summed E-state index contributed by atoms with van der Waals surface area (Å²) in [6, 6.07) is 10.7. The highest BCUT2D eigenvalue weighted by Gasteiger charge is 2.10. The molecule has 1 aromatic heterocycles. The average molecular weight is 285 g/mol. The maximum atomic E-state index is 12.2. The van der Waals surface area contributed by atoms with Crippen LogP contribution in [0.25, 0.3) is 0 Å². The summed E-state index contributed by atoms with van der Waals surface area (Å²) in [5.74, 6) is 0.195. The predicted octanol–water partition coefficient (Wildman–Crippen LogP) is 2.83. The molecule has 0 amide bonds. The number of Topliss-reactive ketones (excluding diaryl/α,β-unsaturated/α-hetero) is 1. The molecule has 0 fully saturated rings. The van der Waals surface area contributed by atoms with E-state index in [0.717, 1.165) is 12.0 Å². The van der Waals surface area contributed by atoms with E-state index in [1.165, 1.54) is 4.57 Å². The van der Waals surface area contributed by atoms with E-state index in [1.54, 1.807) is 30.5 Å². The molecule has 0 saturated heterocycles. The molecule has 0 aliphatic rings. The monoisotopic (exact) mass is 285 g/mol. The maximum absolute atomic E-state index is 12.2. The zero-order valence-electron chi connectivity index (χ0n) is 12.3. The van der Waals surface area contributed by atoms with Gasteiger partial charge in [0.1, 0.15) is 0 Å². The summed E-state index contributed by atoms with van der Waals surface area (Å²) in [5, 5.41) is 0. The molecule has 0 aliphatic carbocycles. The van der Waals surface area contributed by atoms with E-state index >= 15 is 0 Å². The van der Waals surface area contributed by atoms with Crippen LogP contribution < -0.4 is 10.3 Å². The van der Waals surface area contributed by atoms with E-state index in [2.05, 4.69) is 0 Å². The molecule has 0 saturated carbocycles. The van der Waals surface area contributed by atoms with Crippen molar-refractivity contribution in [2.45, 2.75) is 26.8 Å². The Morgan fingerprint density at radius 1 is 1.19 bits per heavy atom. The van der Waals surface area contributed by atoms with Crippen molar-refractivity contribution >= 4 is 5.78 Å². The van der Waals surface area contributed by atoms with Crippen LogP contribution in [0.5, 0.6) is 5.75 Å². The molecule has 1 heterocycles. The number of hydrogen-bond donors (Lipinski definition) is 0. The Morgan fingerprint density at radius 2 is 1.90 bits per heavy atom. The van der Waals surface area contributed by atoms with Crippen molar-refractivity contribution in [1.29, 1.82) is 0 Å². The first kappa shape index (κ1) is 15.0. The summed E-state index contributed by atoms with van der Waals surface area (Å²) in [7, 11) is 0. The van der Waals surface area contributed by atoms with Crippen LogP contribution in [0, 0.1) is 6.92 Å². The number of carbonyl (C=O) groups excluding carboxylic acids is 1. The minimum absolute atomic E-state index is 0.0191. The van der Waals surface area contributed by atoms with Crippen LogP contribution in [0.1, 0.15) is 29.3 Å². The first-order valence-corrected chi connectivity index (χ1v) is 7.04. The summed E-state index contributed by atoms with van der Waals surface area (Å²) in [5.41, 5.74) is 1.43. The summed E-state index contributed by atoms with van der Waals surface area (Å²) < 4.78 is 6.77. The molecule has 21 heavy (non-hydrogen) atoms. The molecule has 2 aromatic rings. The minimum Gasteiger partial charge on any atom is -0.488 e. The Labute approximate surface area is 124 Å². The summed E-state index contributed by atoms with van der Waals surface area (Å²) in [4.78, 5) is 24.4. The fourth-order valence-electron chi connectivity index (χ4n) is 1.95. The molecule has 0 radical (unpaired) electrons. The number of hydrogen-bond acceptors (Lipinski definition) is 3. The lowest BCUT2D eigenvalue weighted by molar-refractivity contribution is 0.0970. The lowest BCUT2D eigenvalue weighted by atomic mass is 10.1. The third kappa shape index (κ3) is 3.81. The van der Waals surface area contributed by atoms with Gasteiger partial charge in [0, 0.05) is 11.8 Å². The van der Waals surface area contributed by atoms with Crippen molar-refractivity contribution in [2.75, 3.05) is 6.61 Å². The number of aryl methyl sites for hydroxylation is 1. The maximum Gasteiger partial charge on any atom is 0.293 e. The van der Waals surface area contributed by atoms with Gasteiger partial charge in [0.25, 0.3) is 5.56 Å². The Balaban J connectivity index is 2.17. The molecule has 0 aliphatic heterocycles. The van der Waals surface area contributed by atoms with Gasteiger partial charge in [-0.15, -0.1) is 0 Å². The number of ketones is 1. The van der Waals surface area contributed by atoms with Crippen molar-refractivity contribution in [3.8, 4) is 5.75 Å². The topological polar surface area (TPSA) is 48.3 Å². The van der Waals surface area contributed by atoms with Crippen LogP contribution in [0.2, 0.25) is 0 Å². The van der Waals surface area contributed by atoms with Crippen LogP contribution in [-0.4, -0.2) is 17.0 Å². The van der Waals surface area contributed by atoms with Crippen LogP contribution in [-0.2, 0) is 6.54 Å². The average Bonchev–Trinajstić information content (AvgIpc) is 2.49. The number of aromatic nitrogens is 1. The van der Waals surface area contributed by atoms with Crippen molar-refractivity contribution in [3.05, 3.63) is 64.1 Å². The number of carbonyl (C=O) groups is 1. The van der Waals surface area contributed by atoms with E-state index in [0.29, 0.717) is 12.2 Å². The van der Waals surface area contributed by atoms with Gasteiger partial charge in [-0.25, -0.2) is 0 Å². The van der Waals surface area contributed by atoms with Gasteiger partial charge >= 0.3 is 0 Å². The van der Waals surface area contributed by atoms with Crippen molar-refractivity contribution < 1.29 is 9.53 Å². The van der Waals surface area contributed by atoms with Crippen LogP contribution in [0.15, 0.2) is 47.4 Å². The standard InChI is InChI=1S/C17H19NO3/c1-3-11-21-16-5-4-10-18(17(16)20)12-15(19)14-8-6-13(2)7-9-14/h4-10H,3,11-12H2,1-2H3. The molecule has 2 rings (SSSR count). The zero-order chi connectivity index (χ0) is 15.2. The lowest BCUT2D eigenvalue weighted by Gasteiger charge is -2.08. The van der Waals surface area contributed by atoms with Crippen LogP contribution in [0.4, 0.5) is 0 Å². The number of nitrogens with zero attached hydrogens (tertiary/aromatic N) is 1. The number of benzene rings is 1. The quantitative estimate of drug-likeness (QED) is 0.767. The highest BCUT2D eigenvalue weighted by atomic mass is 16.5. The Morgan fingerprint density at radius 3 is 2.57 bits per heavy atom. The zero-order valence-corrected chi connectivity index (χ0v) is 12.3. The van der Waals surface area contributed by atoms with E-state index in [-0.39, 0.29) is 23.6 Å². The molecule has 0 N–H and O–H groups in total. The first-order valence-electron chi connectivity index (χ1n) is 7.04. The lowest BCUT2D eigenvalue weighted by Crippen LogP contribution is -2.25. The van der Waals surface area contributed by atoms with Gasteiger partial charge in [0.2, 0.25) is 0 Å². The molecular formula is C17H19NO3. The highest BCUT2D eigenvalue weighted by molar-refractivity contribution is 5.95. The Kier molecular flexibility index (Phi) is 4.93. The molecule has 4 heteroatoms. The number of pyridine rings is 1. The van der Waals surface area contributed by atoms with Gasteiger partial charge in [0.15, 0.2) is 11.5 Å². The van der Waals surface area contributed by atoms with Gasteiger partial charge in [-0.3, -0.25) is 9.59 Å². The first-order chi connectivity index (χ1) is 10.1. The third-order valence-corrected chi connectivity index (χ3v) is 3.13. The molecule has 0 bridgehead atoms. The summed E-state index contributed by atoms with van der Waals surface area (Å²) >= 11 is 0. The molecular weight excluding hydrogens is 266 g/mol. The minimum atomic E-state index is -0.272. The predicted molar refractivity (Wildman–Crippen MR) is 82.0 cm³/mol. The van der Waals surface area contributed by atoms with E-state index in [1.807, 2.05) is 26.0 Å². The molecule has 1 aromatic carbocycles. The fraction of sp³-hybridized carbons (Fsp3) is 0.294. The SMILES string of the molecule is CCCOc1cccn(CC(=O)c2ccc(C)cc2)c1=O. The summed E-state index contributed by atoms with van der Waals surface area (Å²) in [6.07, 6.45) is 2.43. The highest BCUT2D eigenvalue weighted by Crippen LogP contribution is 2.07. The largest absolute Gasteiger partial charge is 0.488 e. The van der Waals surface area contributed by atoms with Gasteiger partial charge in [0.05, 0.1) is 13.2 Å². The number of rotatable bonds is 6. The van der Waals surface area contributed by atoms with Gasteiger partial charge in [-0.2, -0.15) is 0 Å². The third-order valence-electron chi connectivity index (χ3n) is 3.13. The number of ether oxygens (including phenoxy) is 1. The van der Waals surface area contributed by atoms with Gasteiger partial charge in [-0.05, 0) is 25.5 Å². The second-order valence-electron chi connectivity index (χ2n) is 4.94. The second-order valence-corrected chi connectivity index (χ2v) is 4.94. The van der Waals surface area contributed by atoms with E-state index in [4.69, 9.17) is 4.74 Å². The molecule has 4 nitrogen and oxygen atoms in total. The van der Waals surface area contributed by atoms with Crippen LogP contribution in [0.3, 0.4) is 0 Å². The smallest absolute Gasteiger partial charge is 0.293 e. The van der Waals surface area contributed by atoms with Crippen molar-refractivity contribution in [2.24, 2.45) is 0 Å². The second kappa shape index (κ2) is 6.88.